The van der Waals surface area contributed by atoms with Gasteiger partial charge in [0.1, 0.15) is 5.75 Å². The van der Waals surface area contributed by atoms with Crippen molar-refractivity contribution < 1.29 is 14.3 Å². The lowest BCUT2D eigenvalue weighted by Gasteiger charge is -2.24. The van der Waals surface area contributed by atoms with Crippen molar-refractivity contribution in [2.75, 3.05) is 33.4 Å². The summed E-state index contributed by atoms with van der Waals surface area (Å²) in [6.07, 6.45) is 3.57. The fourth-order valence-corrected chi connectivity index (χ4v) is 3.42. The molecule has 5 nitrogen and oxygen atoms in total. The van der Waals surface area contributed by atoms with E-state index in [1.54, 1.807) is 7.11 Å². The fourth-order valence-electron chi connectivity index (χ4n) is 3.42. The summed E-state index contributed by atoms with van der Waals surface area (Å²) < 4.78 is 10.8. The Kier molecular flexibility index (Phi) is 7.34. The highest BCUT2D eigenvalue weighted by atomic mass is 35.5. The normalized spacial score (nSPS) is 21.1. The molecule has 2 heterocycles. The molecule has 24 heavy (non-hydrogen) atoms. The molecule has 0 spiro atoms. The largest absolute Gasteiger partial charge is 0.496 e. The van der Waals surface area contributed by atoms with Gasteiger partial charge in [0.25, 0.3) is 0 Å². The Bertz CT molecular complexity index is 541. The molecule has 1 aromatic rings. The van der Waals surface area contributed by atoms with Crippen LogP contribution in [-0.4, -0.2) is 45.4 Å². The third kappa shape index (κ3) is 4.85. The van der Waals surface area contributed by atoms with Crippen molar-refractivity contribution in [3.05, 3.63) is 29.3 Å². The molecule has 1 aromatic carbocycles. The van der Waals surface area contributed by atoms with E-state index in [0.717, 1.165) is 50.3 Å². The van der Waals surface area contributed by atoms with E-state index in [2.05, 4.69) is 22.8 Å². The number of rotatable bonds is 5. The Labute approximate surface area is 149 Å². The molecule has 1 atom stereocenters. The van der Waals surface area contributed by atoms with Crippen molar-refractivity contribution in [2.24, 2.45) is 0 Å². The van der Waals surface area contributed by atoms with Crippen LogP contribution in [0.25, 0.3) is 0 Å². The molecule has 2 aliphatic heterocycles. The van der Waals surface area contributed by atoms with E-state index in [-0.39, 0.29) is 24.4 Å². The zero-order valence-electron chi connectivity index (χ0n) is 14.2. The van der Waals surface area contributed by atoms with E-state index >= 15 is 0 Å². The number of nitrogens with one attached hydrogen (secondary N) is 2. The summed E-state index contributed by atoms with van der Waals surface area (Å²) in [5.74, 6) is 1.44. The lowest BCUT2D eigenvalue weighted by molar-refractivity contribution is -0.121. The lowest BCUT2D eigenvalue weighted by Crippen LogP contribution is -2.36. The second-order valence-electron chi connectivity index (χ2n) is 6.40. The predicted molar refractivity (Wildman–Crippen MR) is 96.2 cm³/mol. The van der Waals surface area contributed by atoms with Gasteiger partial charge < -0.3 is 20.1 Å². The van der Waals surface area contributed by atoms with Gasteiger partial charge in [0.2, 0.25) is 5.91 Å². The molecule has 2 fully saturated rings. The molecular formula is C18H27ClN2O3. The highest BCUT2D eigenvalue weighted by molar-refractivity contribution is 5.85. The van der Waals surface area contributed by atoms with Crippen LogP contribution in [0.5, 0.6) is 5.75 Å². The average Bonchev–Trinajstić information content (AvgIpc) is 3.09. The van der Waals surface area contributed by atoms with Gasteiger partial charge in [0.15, 0.2) is 0 Å². The first-order valence-electron chi connectivity index (χ1n) is 8.51. The number of amides is 1. The highest BCUT2D eigenvalue weighted by Crippen LogP contribution is 2.30. The van der Waals surface area contributed by atoms with Gasteiger partial charge in [-0.05, 0) is 49.9 Å². The second kappa shape index (κ2) is 9.25. The van der Waals surface area contributed by atoms with Crippen molar-refractivity contribution in [3.63, 3.8) is 0 Å². The van der Waals surface area contributed by atoms with Crippen molar-refractivity contribution in [3.8, 4) is 5.75 Å². The Hall–Kier alpha value is -1.30. The van der Waals surface area contributed by atoms with Gasteiger partial charge in [-0.3, -0.25) is 4.79 Å². The summed E-state index contributed by atoms with van der Waals surface area (Å²) in [5.41, 5.74) is 2.26. The van der Waals surface area contributed by atoms with Crippen LogP contribution >= 0.6 is 12.4 Å². The van der Waals surface area contributed by atoms with Crippen LogP contribution < -0.4 is 15.4 Å². The van der Waals surface area contributed by atoms with Crippen LogP contribution in [0, 0.1) is 0 Å². The van der Waals surface area contributed by atoms with E-state index in [1.165, 1.54) is 5.56 Å². The van der Waals surface area contributed by atoms with Crippen LogP contribution in [-0.2, 0) is 16.0 Å². The standard InChI is InChI=1S/C18H26N2O3.ClH/c1-22-17-10-14(13-4-7-19-8-5-13)2-3-15(17)11-18(21)20-16-6-9-23-12-16;/h2-3,10,13,16,19H,4-9,11-12H2,1H3,(H,20,21);1H. The molecule has 2 saturated heterocycles. The first-order chi connectivity index (χ1) is 11.3. The van der Waals surface area contributed by atoms with Gasteiger partial charge in [-0.2, -0.15) is 0 Å². The van der Waals surface area contributed by atoms with E-state index in [4.69, 9.17) is 9.47 Å². The summed E-state index contributed by atoms with van der Waals surface area (Å²) in [6, 6.07) is 6.46. The maximum absolute atomic E-state index is 12.2. The summed E-state index contributed by atoms with van der Waals surface area (Å²) in [6.45, 7) is 3.50. The number of halogens is 1. The number of carbonyl (C=O) groups is 1. The number of carbonyl (C=O) groups excluding carboxylic acids is 1. The molecule has 2 aliphatic rings. The maximum atomic E-state index is 12.2. The van der Waals surface area contributed by atoms with Crippen molar-refractivity contribution in [1.82, 2.24) is 10.6 Å². The molecule has 1 unspecified atom stereocenters. The van der Waals surface area contributed by atoms with Crippen LogP contribution in [0.1, 0.15) is 36.3 Å². The van der Waals surface area contributed by atoms with Crippen molar-refractivity contribution in [1.29, 1.82) is 0 Å². The molecule has 6 heteroatoms. The van der Waals surface area contributed by atoms with Crippen molar-refractivity contribution in [2.45, 2.75) is 37.6 Å². The first kappa shape index (κ1) is 19.0. The number of hydrogen-bond donors (Lipinski definition) is 2. The fraction of sp³-hybridized carbons (Fsp3) is 0.611. The molecule has 0 saturated carbocycles. The molecular weight excluding hydrogens is 328 g/mol. The monoisotopic (exact) mass is 354 g/mol. The topological polar surface area (TPSA) is 59.6 Å². The third-order valence-electron chi connectivity index (χ3n) is 4.77. The number of ether oxygens (including phenoxy) is 2. The Morgan fingerprint density at radius 3 is 2.79 bits per heavy atom. The first-order valence-corrected chi connectivity index (χ1v) is 8.51. The zero-order chi connectivity index (χ0) is 16.1. The maximum Gasteiger partial charge on any atom is 0.224 e. The molecule has 0 radical (unpaired) electrons. The van der Waals surface area contributed by atoms with Gasteiger partial charge in [-0.15, -0.1) is 12.4 Å². The number of piperidine rings is 1. The summed E-state index contributed by atoms with van der Waals surface area (Å²) in [7, 11) is 1.67. The number of hydrogen-bond acceptors (Lipinski definition) is 4. The van der Waals surface area contributed by atoms with E-state index in [1.807, 2.05) is 6.07 Å². The van der Waals surface area contributed by atoms with Gasteiger partial charge in [0.05, 0.1) is 26.2 Å². The molecule has 0 aromatic heterocycles. The summed E-state index contributed by atoms with van der Waals surface area (Å²) in [4.78, 5) is 12.2. The smallest absolute Gasteiger partial charge is 0.224 e. The Balaban J connectivity index is 0.00000208. The molecule has 134 valence electrons. The van der Waals surface area contributed by atoms with E-state index in [0.29, 0.717) is 18.9 Å². The highest BCUT2D eigenvalue weighted by Gasteiger charge is 2.20. The Morgan fingerprint density at radius 1 is 1.33 bits per heavy atom. The number of methoxy groups -OCH3 is 1. The van der Waals surface area contributed by atoms with Crippen LogP contribution in [0.3, 0.4) is 0 Å². The SMILES string of the molecule is COc1cc(C2CCNCC2)ccc1CC(=O)NC1CCOC1.Cl. The quantitative estimate of drug-likeness (QED) is 0.849. The van der Waals surface area contributed by atoms with Crippen LogP contribution in [0.4, 0.5) is 0 Å². The van der Waals surface area contributed by atoms with Crippen LogP contribution in [0.2, 0.25) is 0 Å². The van der Waals surface area contributed by atoms with E-state index < -0.39 is 0 Å². The lowest BCUT2D eigenvalue weighted by atomic mass is 9.89. The summed E-state index contributed by atoms with van der Waals surface area (Å²) >= 11 is 0. The summed E-state index contributed by atoms with van der Waals surface area (Å²) in [5, 5.41) is 6.42. The zero-order valence-corrected chi connectivity index (χ0v) is 15.0. The Morgan fingerprint density at radius 2 is 2.12 bits per heavy atom. The molecule has 2 N–H and O–H groups in total. The van der Waals surface area contributed by atoms with Gasteiger partial charge >= 0.3 is 0 Å². The minimum Gasteiger partial charge on any atom is -0.496 e. The van der Waals surface area contributed by atoms with Gasteiger partial charge in [-0.25, -0.2) is 0 Å². The second-order valence-corrected chi connectivity index (χ2v) is 6.40. The van der Waals surface area contributed by atoms with Gasteiger partial charge in [0, 0.05) is 12.2 Å². The van der Waals surface area contributed by atoms with Crippen molar-refractivity contribution >= 4 is 18.3 Å². The van der Waals surface area contributed by atoms with E-state index in [9.17, 15) is 4.79 Å². The molecule has 0 aliphatic carbocycles. The average molecular weight is 355 g/mol. The molecule has 3 rings (SSSR count). The van der Waals surface area contributed by atoms with Gasteiger partial charge in [-0.1, -0.05) is 12.1 Å². The minimum absolute atomic E-state index is 0. The van der Waals surface area contributed by atoms with Crippen LogP contribution in [0.15, 0.2) is 18.2 Å². The third-order valence-corrected chi connectivity index (χ3v) is 4.77. The number of benzene rings is 1. The molecule has 0 bridgehead atoms. The minimum atomic E-state index is 0. The predicted octanol–water partition coefficient (Wildman–Crippen LogP) is 2.03. The molecule has 1 amide bonds.